The van der Waals surface area contributed by atoms with Crippen molar-refractivity contribution in [2.45, 2.75) is 51.2 Å². The number of methoxy groups -OCH3 is 1. The summed E-state index contributed by atoms with van der Waals surface area (Å²) < 4.78 is 12.7. The Morgan fingerprint density at radius 3 is 2.65 bits per heavy atom. The van der Waals surface area contributed by atoms with E-state index in [2.05, 4.69) is 41.6 Å². The molecule has 0 spiro atoms. The third-order valence-corrected chi connectivity index (χ3v) is 5.91. The van der Waals surface area contributed by atoms with Gasteiger partial charge in [0, 0.05) is 4.43 Å². The molecule has 0 unspecified atom stereocenters. The second-order valence-corrected chi connectivity index (χ2v) is 6.57. The average Bonchev–Trinajstić information content (AvgIpc) is 2.53. The Kier molecular flexibility index (Phi) is 6.15. The maximum Gasteiger partial charge on any atom is 0.119 e. The van der Waals surface area contributed by atoms with Crippen molar-refractivity contribution in [3.63, 3.8) is 0 Å². The molecule has 0 bridgehead atoms. The average molecular weight is 388 g/mol. The topological polar surface area (TPSA) is 18.5 Å². The highest BCUT2D eigenvalue weighted by Gasteiger charge is 2.34. The summed E-state index contributed by atoms with van der Waals surface area (Å²) in [4.78, 5) is 0. The fraction of sp³-hybridized carbons (Fsp3) is 0.647. The van der Waals surface area contributed by atoms with Gasteiger partial charge in [0.15, 0.2) is 0 Å². The number of hydrogen-bond donors (Lipinski definition) is 0. The first-order chi connectivity index (χ1) is 9.71. The first kappa shape index (κ1) is 16.1. The smallest absolute Gasteiger partial charge is 0.119 e. The molecule has 2 nitrogen and oxygen atoms in total. The van der Waals surface area contributed by atoms with E-state index in [1.54, 1.807) is 7.11 Å². The molecule has 0 N–H and O–H groups in total. The summed E-state index contributed by atoms with van der Waals surface area (Å²) in [6.45, 7) is 3.00. The van der Waals surface area contributed by atoms with E-state index in [1.165, 1.54) is 37.7 Å². The van der Waals surface area contributed by atoms with Crippen LogP contribution in [0.1, 0.15) is 44.6 Å². The zero-order chi connectivity index (χ0) is 14.4. The molecule has 0 aromatic heterocycles. The van der Waals surface area contributed by atoms with Gasteiger partial charge in [0.05, 0.1) is 19.3 Å². The summed E-state index contributed by atoms with van der Waals surface area (Å²) in [6, 6.07) is 8.19. The molecule has 0 saturated heterocycles. The Bertz CT molecular complexity index is 411. The minimum absolute atomic E-state index is 0.0926. The maximum atomic E-state index is 6.34. The second-order valence-electron chi connectivity index (χ2n) is 5.81. The van der Waals surface area contributed by atoms with Gasteiger partial charge in [-0.25, -0.2) is 0 Å². The van der Waals surface area contributed by atoms with Gasteiger partial charge < -0.3 is 9.47 Å². The number of halogens is 1. The molecule has 0 heterocycles. The highest BCUT2D eigenvalue weighted by molar-refractivity contribution is 14.1. The van der Waals surface area contributed by atoms with Crippen LogP contribution in [0.2, 0.25) is 0 Å². The maximum absolute atomic E-state index is 6.34. The number of rotatable bonds is 6. The lowest BCUT2D eigenvalue weighted by molar-refractivity contribution is -0.0690. The van der Waals surface area contributed by atoms with Crippen molar-refractivity contribution >= 4 is 22.6 Å². The van der Waals surface area contributed by atoms with Crippen molar-refractivity contribution in [2.24, 2.45) is 5.92 Å². The Balaban J connectivity index is 1.93. The number of ether oxygens (including phenoxy) is 2. The SMILES string of the molecule is CCC1CCC(CI)(OCc2cccc(OC)c2)CC1. The van der Waals surface area contributed by atoms with Gasteiger partial charge in [-0.2, -0.15) is 0 Å². The fourth-order valence-corrected chi connectivity index (χ4v) is 3.91. The van der Waals surface area contributed by atoms with E-state index < -0.39 is 0 Å². The molecule has 0 amide bonds. The van der Waals surface area contributed by atoms with E-state index in [0.717, 1.165) is 16.1 Å². The van der Waals surface area contributed by atoms with Crippen molar-refractivity contribution in [1.29, 1.82) is 0 Å². The van der Waals surface area contributed by atoms with E-state index in [1.807, 2.05) is 12.1 Å². The van der Waals surface area contributed by atoms with Crippen LogP contribution in [0, 0.1) is 5.92 Å². The monoisotopic (exact) mass is 388 g/mol. The van der Waals surface area contributed by atoms with Gasteiger partial charge in [-0.05, 0) is 49.3 Å². The van der Waals surface area contributed by atoms with Gasteiger partial charge in [0.1, 0.15) is 5.75 Å². The lowest BCUT2D eigenvalue weighted by atomic mass is 9.79. The van der Waals surface area contributed by atoms with Crippen LogP contribution in [-0.2, 0) is 11.3 Å². The molecule has 0 atom stereocenters. The van der Waals surface area contributed by atoms with Crippen molar-refractivity contribution in [3.8, 4) is 5.75 Å². The third kappa shape index (κ3) is 4.10. The molecule has 1 saturated carbocycles. The van der Waals surface area contributed by atoms with E-state index in [0.29, 0.717) is 6.61 Å². The minimum Gasteiger partial charge on any atom is -0.497 e. The third-order valence-electron chi connectivity index (χ3n) is 4.52. The summed E-state index contributed by atoms with van der Waals surface area (Å²) in [7, 11) is 1.71. The molecular formula is C17H25IO2. The predicted molar refractivity (Wildman–Crippen MR) is 91.7 cm³/mol. The first-order valence-corrected chi connectivity index (χ1v) is 9.07. The van der Waals surface area contributed by atoms with E-state index >= 15 is 0 Å². The van der Waals surface area contributed by atoms with Crippen LogP contribution in [0.3, 0.4) is 0 Å². The zero-order valence-electron chi connectivity index (χ0n) is 12.5. The Hall–Kier alpha value is -0.290. The van der Waals surface area contributed by atoms with Gasteiger partial charge in [0.25, 0.3) is 0 Å². The summed E-state index contributed by atoms with van der Waals surface area (Å²) in [6.07, 6.45) is 6.36. The Morgan fingerprint density at radius 1 is 1.30 bits per heavy atom. The molecule has 0 radical (unpaired) electrons. The Morgan fingerprint density at radius 2 is 2.05 bits per heavy atom. The number of alkyl halides is 1. The van der Waals surface area contributed by atoms with Gasteiger partial charge >= 0.3 is 0 Å². The molecule has 2 rings (SSSR count). The summed E-state index contributed by atoms with van der Waals surface area (Å²) in [5.41, 5.74) is 1.29. The van der Waals surface area contributed by atoms with Gasteiger partial charge in [-0.3, -0.25) is 0 Å². The van der Waals surface area contributed by atoms with Gasteiger partial charge in [0.2, 0.25) is 0 Å². The lowest BCUT2D eigenvalue weighted by Gasteiger charge is -2.39. The summed E-state index contributed by atoms with van der Waals surface area (Å²) in [5.74, 6) is 1.82. The molecule has 1 aliphatic carbocycles. The molecule has 1 aromatic rings. The van der Waals surface area contributed by atoms with Gasteiger partial charge in [-0.15, -0.1) is 0 Å². The highest BCUT2D eigenvalue weighted by Crippen LogP contribution is 2.38. The lowest BCUT2D eigenvalue weighted by Crippen LogP contribution is -2.38. The van der Waals surface area contributed by atoms with Crippen LogP contribution in [0.5, 0.6) is 5.75 Å². The molecule has 1 aliphatic rings. The largest absolute Gasteiger partial charge is 0.497 e. The number of hydrogen-bond acceptors (Lipinski definition) is 2. The minimum atomic E-state index is 0.0926. The van der Waals surface area contributed by atoms with Crippen molar-refractivity contribution in [3.05, 3.63) is 29.8 Å². The predicted octanol–water partition coefficient (Wildman–Crippen LogP) is 4.99. The first-order valence-electron chi connectivity index (χ1n) is 7.54. The second kappa shape index (κ2) is 7.64. The van der Waals surface area contributed by atoms with E-state index in [4.69, 9.17) is 9.47 Å². The van der Waals surface area contributed by atoms with Gasteiger partial charge in [-0.1, -0.05) is 48.1 Å². The highest BCUT2D eigenvalue weighted by atomic mass is 127. The number of benzene rings is 1. The molecule has 1 fully saturated rings. The molecule has 112 valence electrons. The van der Waals surface area contributed by atoms with Crippen LogP contribution < -0.4 is 4.74 Å². The Labute approximate surface area is 136 Å². The molecule has 3 heteroatoms. The van der Waals surface area contributed by atoms with Crippen LogP contribution in [0.15, 0.2) is 24.3 Å². The van der Waals surface area contributed by atoms with E-state index in [9.17, 15) is 0 Å². The van der Waals surface area contributed by atoms with Crippen LogP contribution in [-0.4, -0.2) is 17.1 Å². The van der Waals surface area contributed by atoms with Crippen molar-refractivity contribution < 1.29 is 9.47 Å². The standard InChI is InChI=1S/C17H25IO2/c1-3-14-7-9-17(13-18,10-8-14)20-12-15-5-4-6-16(11-15)19-2/h4-6,11,14H,3,7-10,12-13H2,1-2H3. The quantitative estimate of drug-likeness (QED) is 0.505. The van der Waals surface area contributed by atoms with E-state index in [-0.39, 0.29) is 5.60 Å². The summed E-state index contributed by atoms with van der Waals surface area (Å²) in [5, 5.41) is 0. The molecular weight excluding hydrogens is 363 g/mol. The summed E-state index contributed by atoms with van der Waals surface area (Å²) >= 11 is 2.49. The molecule has 20 heavy (non-hydrogen) atoms. The zero-order valence-corrected chi connectivity index (χ0v) is 14.7. The van der Waals surface area contributed by atoms with Crippen molar-refractivity contribution in [1.82, 2.24) is 0 Å². The van der Waals surface area contributed by atoms with Crippen LogP contribution in [0.4, 0.5) is 0 Å². The molecule has 0 aliphatic heterocycles. The van der Waals surface area contributed by atoms with Crippen LogP contribution in [0.25, 0.3) is 0 Å². The van der Waals surface area contributed by atoms with Crippen LogP contribution >= 0.6 is 22.6 Å². The fourth-order valence-electron chi connectivity index (χ4n) is 2.93. The molecule has 1 aromatic carbocycles. The normalized spacial score (nSPS) is 26.4. The van der Waals surface area contributed by atoms with Crippen molar-refractivity contribution in [2.75, 3.05) is 11.5 Å².